The van der Waals surface area contributed by atoms with Crippen molar-refractivity contribution >= 4 is 15.2 Å². The number of rotatable bonds is 3. The summed E-state index contributed by atoms with van der Waals surface area (Å²) in [6, 6.07) is 0. The molecule has 12 heavy (non-hydrogen) atoms. The average Bonchev–Trinajstić information content (AvgIpc) is 1.57. The molecule has 0 saturated carbocycles. The molecular weight excluding hydrogens is 364 g/mol. The van der Waals surface area contributed by atoms with Gasteiger partial charge < -0.3 is 28.7 Å². The van der Waals surface area contributed by atoms with Gasteiger partial charge in [0, 0.05) is 0 Å². The molecule has 0 spiro atoms. The van der Waals surface area contributed by atoms with Crippen LogP contribution >= 0.6 is 15.2 Å². The molecule has 0 unspecified atom stereocenters. The van der Waals surface area contributed by atoms with Gasteiger partial charge in [0.15, 0.2) is 0 Å². The zero-order valence-corrected chi connectivity index (χ0v) is 12.5. The summed E-state index contributed by atoms with van der Waals surface area (Å²) in [5.41, 5.74) is 0. The molecule has 0 amide bonds. The van der Waals surface area contributed by atoms with E-state index in [1.54, 1.807) is 0 Å². The molecule has 0 aliphatic carbocycles. The first-order chi connectivity index (χ1) is 4.21. The summed E-state index contributed by atoms with van der Waals surface area (Å²) in [7, 11) is -9.67. The van der Waals surface area contributed by atoms with Gasteiger partial charge in [0.2, 0.25) is 0 Å². The van der Waals surface area contributed by atoms with Crippen LogP contribution < -0.4 is 19.6 Å². The zero-order chi connectivity index (χ0) is 8.41. The summed E-state index contributed by atoms with van der Waals surface area (Å²) in [5, 5.41) is 0. The van der Waals surface area contributed by atoms with Crippen LogP contribution in [0.2, 0.25) is 0 Å². The van der Waals surface area contributed by atoms with Crippen LogP contribution in [0.1, 0.15) is 0 Å². The molecule has 0 bridgehead atoms. The van der Waals surface area contributed by atoms with Crippen molar-refractivity contribution in [3.05, 3.63) is 0 Å². The largest absolute Gasteiger partial charge is 2.00 e. The molecule has 0 rings (SSSR count). The van der Waals surface area contributed by atoms with Gasteiger partial charge in [0.25, 0.3) is 0 Å². The molecular formula is C2H4O6P2Zr2. The van der Waals surface area contributed by atoms with Crippen molar-refractivity contribution in [1.29, 1.82) is 0 Å². The van der Waals surface area contributed by atoms with Crippen LogP contribution in [-0.2, 0) is 61.5 Å². The molecule has 66 valence electrons. The van der Waals surface area contributed by atoms with E-state index < -0.39 is 27.5 Å². The quantitative estimate of drug-likeness (QED) is 0.483. The van der Waals surface area contributed by atoms with E-state index in [1.165, 1.54) is 0 Å². The van der Waals surface area contributed by atoms with E-state index in [2.05, 4.69) is 0 Å². The molecule has 0 radical (unpaired) electrons. The van der Waals surface area contributed by atoms with Crippen molar-refractivity contribution < 1.29 is 81.1 Å². The molecule has 0 fully saturated rings. The number of hydrogen-bond donors (Lipinski definition) is 0. The molecule has 0 aromatic heterocycles. The second-order valence-electron chi connectivity index (χ2n) is 1.67. The van der Waals surface area contributed by atoms with Gasteiger partial charge in [-0.2, -0.15) is 0 Å². The first kappa shape index (κ1) is 19.6. The molecule has 0 saturated heterocycles. The fourth-order valence-electron chi connectivity index (χ4n) is 0.245. The van der Waals surface area contributed by atoms with E-state index in [1.807, 2.05) is 0 Å². The Morgan fingerprint density at radius 3 is 1.00 bits per heavy atom. The minimum atomic E-state index is -4.83. The summed E-state index contributed by atoms with van der Waals surface area (Å²) in [4.78, 5) is 39.0. The Morgan fingerprint density at radius 1 is 0.750 bits per heavy atom. The first-order valence-electron chi connectivity index (χ1n) is 2.23. The van der Waals surface area contributed by atoms with Crippen LogP contribution in [0.25, 0.3) is 0 Å². The third kappa shape index (κ3) is 18.0. The van der Waals surface area contributed by atoms with Crippen molar-refractivity contribution in [1.82, 2.24) is 0 Å². The predicted molar refractivity (Wildman–Crippen MR) is 24.9 cm³/mol. The van der Waals surface area contributed by atoms with E-state index >= 15 is 0 Å². The van der Waals surface area contributed by atoms with Gasteiger partial charge in [-0.3, -0.25) is 0 Å². The van der Waals surface area contributed by atoms with Gasteiger partial charge in [-0.25, -0.2) is 0 Å². The van der Waals surface area contributed by atoms with Gasteiger partial charge in [0.1, 0.15) is 0 Å². The molecule has 6 nitrogen and oxygen atoms in total. The monoisotopic (exact) mass is 366 g/mol. The van der Waals surface area contributed by atoms with E-state index in [9.17, 15) is 28.7 Å². The van der Waals surface area contributed by atoms with Crippen LogP contribution in [0.3, 0.4) is 0 Å². The maximum absolute atomic E-state index is 9.75. The van der Waals surface area contributed by atoms with Crippen LogP contribution in [0, 0.1) is 0 Å². The Bertz CT molecular complexity index is 172. The minimum Gasteiger partial charge on any atom is -0.811 e. The predicted octanol–water partition coefficient (Wildman–Crippen LogP) is -3.19. The van der Waals surface area contributed by atoms with Crippen molar-refractivity contribution in [2.45, 2.75) is 0 Å². The third-order valence-corrected chi connectivity index (χ3v) is 2.54. The Balaban J connectivity index is -0.000000405. The second-order valence-corrected chi connectivity index (χ2v) is 5.01. The van der Waals surface area contributed by atoms with Crippen LogP contribution in [0.15, 0.2) is 0 Å². The zero-order valence-electron chi connectivity index (χ0n) is 5.76. The SMILES string of the molecule is O=P([O-])([O-])CCP(=O)([O-])[O-].[Zr+2].[Zr+2]. The summed E-state index contributed by atoms with van der Waals surface area (Å²) >= 11 is 0. The van der Waals surface area contributed by atoms with E-state index in [0.29, 0.717) is 0 Å². The van der Waals surface area contributed by atoms with E-state index in [0.717, 1.165) is 0 Å². The van der Waals surface area contributed by atoms with E-state index in [-0.39, 0.29) is 52.4 Å². The van der Waals surface area contributed by atoms with Gasteiger partial charge in [-0.05, 0) is 12.3 Å². The Kier molecular flexibility index (Phi) is 12.0. The maximum atomic E-state index is 9.75. The topological polar surface area (TPSA) is 126 Å². The van der Waals surface area contributed by atoms with Gasteiger partial charge >= 0.3 is 52.4 Å². The molecule has 0 aliphatic rings. The van der Waals surface area contributed by atoms with Crippen molar-refractivity contribution in [3.8, 4) is 0 Å². The van der Waals surface area contributed by atoms with Crippen molar-refractivity contribution in [2.24, 2.45) is 0 Å². The fraction of sp³-hybridized carbons (Fsp3) is 1.00. The molecule has 0 heterocycles. The van der Waals surface area contributed by atoms with Crippen LogP contribution in [-0.4, -0.2) is 12.3 Å². The van der Waals surface area contributed by atoms with Gasteiger partial charge in [0.05, 0.1) is 0 Å². The molecule has 0 aromatic carbocycles. The van der Waals surface area contributed by atoms with Crippen molar-refractivity contribution in [2.75, 3.05) is 12.3 Å². The Hall–Kier alpha value is 2.07. The minimum absolute atomic E-state index is 0. The molecule has 10 heteroatoms. The Morgan fingerprint density at radius 2 is 0.917 bits per heavy atom. The smallest absolute Gasteiger partial charge is 0.811 e. The summed E-state index contributed by atoms with van der Waals surface area (Å²) < 4.78 is 19.5. The van der Waals surface area contributed by atoms with E-state index in [4.69, 9.17) is 0 Å². The molecule has 0 aliphatic heterocycles. The summed E-state index contributed by atoms with van der Waals surface area (Å²) in [5.74, 6) is 0. The van der Waals surface area contributed by atoms with Gasteiger partial charge in [-0.1, -0.05) is 15.2 Å². The van der Waals surface area contributed by atoms with Crippen molar-refractivity contribution in [3.63, 3.8) is 0 Å². The first-order valence-corrected chi connectivity index (χ1v) is 5.68. The van der Waals surface area contributed by atoms with Crippen LogP contribution in [0.4, 0.5) is 0 Å². The summed E-state index contributed by atoms with van der Waals surface area (Å²) in [6.07, 6.45) is -2.23. The summed E-state index contributed by atoms with van der Waals surface area (Å²) in [6.45, 7) is 0. The second kappa shape index (κ2) is 7.37. The molecule has 0 atom stereocenters. The molecule has 0 N–H and O–H groups in total. The molecule has 0 aromatic rings. The normalized spacial score (nSPS) is 11.3. The van der Waals surface area contributed by atoms with Crippen LogP contribution in [0.5, 0.6) is 0 Å². The third-order valence-electron chi connectivity index (χ3n) is 0.648. The number of hydrogen-bond acceptors (Lipinski definition) is 6. The van der Waals surface area contributed by atoms with Gasteiger partial charge in [-0.15, -0.1) is 0 Å². The Labute approximate surface area is 108 Å². The maximum Gasteiger partial charge on any atom is 2.00 e. The fourth-order valence-corrected chi connectivity index (χ4v) is 2.20. The standard InChI is InChI=1S/C2H8O6P2.2Zr/c3-9(4,5)1-2-10(6,7)8;;/h1-2H2,(H2,3,4,5)(H2,6,7,8);;/q;2*+2/p-4. The average molecular weight is 368 g/mol.